The number of para-hydroxylation sites is 1. The number of methoxy groups -OCH3 is 1. The molecule has 1 amide bonds. The van der Waals surface area contributed by atoms with Gasteiger partial charge < -0.3 is 9.30 Å². The number of carbonyl (C=O) groups is 1. The summed E-state index contributed by atoms with van der Waals surface area (Å²) in [5.74, 6) is -0.768. The van der Waals surface area contributed by atoms with Crippen LogP contribution in [0.15, 0.2) is 23.2 Å². The van der Waals surface area contributed by atoms with Crippen LogP contribution in [0, 0.1) is 12.7 Å². The van der Waals surface area contributed by atoms with Crippen molar-refractivity contribution in [1.29, 1.82) is 0 Å². The number of ether oxygens (including phenoxy) is 1. The van der Waals surface area contributed by atoms with Crippen molar-refractivity contribution in [3.63, 3.8) is 0 Å². The lowest BCUT2D eigenvalue weighted by molar-refractivity contribution is 0.100. The average Bonchev–Trinajstić information content (AvgIpc) is 3.09. The third-order valence-corrected chi connectivity index (χ3v) is 5.07. The highest BCUT2D eigenvalue weighted by Crippen LogP contribution is 2.20. The van der Waals surface area contributed by atoms with E-state index < -0.39 is 5.91 Å². The number of rotatable bonds is 4. The molecule has 9 heteroatoms. The Balaban J connectivity index is 2.16. The Morgan fingerprint density at radius 1 is 1.48 bits per heavy atom. The maximum absolute atomic E-state index is 14.2. The number of thiazole rings is 1. The summed E-state index contributed by atoms with van der Waals surface area (Å²) in [4.78, 5) is 17.3. The van der Waals surface area contributed by atoms with E-state index in [0.717, 1.165) is 16.2 Å². The van der Waals surface area contributed by atoms with Crippen molar-refractivity contribution in [3.05, 3.63) is 39.4 Å². The molecule has 2 heterocycles. The third kappa shape index (κ3) is 3.07. The molecule has 120 valence electrons. The number of benzene rings is 1. The van der Waals surface area contributed by atoms with Crippen molar-refractivity contribution in [1.82, 2.24) is 14.2 Å². The predicted octanol–water partition coefficient (Wildman–Crippen LogP) is 2.39. The fourth-order valence-corrected chi connectivity index (χ4v) is 3.74. The summed E-state index contributed by atoms with van der Waals surface area (Å²) in [7, 11) is 1.57. The zero-order valence-corrected chi connectivity index (χ0v) is 14.1. The van der Waals surface area contributed by atoms with E-state index in [0.29, 0.717) is 34.0 Å². The van der Waals surface area contributed by atoms with Crippen molar-refractivity contribution in [2.24, 2.45) is 4.99 Å². The highest BCUT2D eigenvalue weighted by molar-refractivity contribution is 7.16. The van der Waals surface area contributed by atoms with Crippen molar-refractivity contribution in [2.45, 2.75) is 13.5 Å². The Morgan fingerprint density at radius 2 is 2.30 bits per heavy atom. The van der Waals surface area contributed by atoms with Crippen molar-refractivity contribution in [3.8, 4) is 0 Å². The first-order valence-electron chi connectivity index (χ1n) is 6.76. The second kappa shape index (κ2) is 6.65. The highest BCUT2D eigenvalue weighted by Gasteiger charge is 2.15. The molecule has 0 atom stereocenters. The van der Waals surface area contributed by atoms with Crippen molar-refractivity contribution >= 4 is 39.0 Å². The maximum Gasteiger partial charge on any atom is 0.293 e. The number of amides is 1. The quantitative estimate of drug-likeness (QED) is 0.723. The van der Waals surface area contributed by atoms with Gasteiger partial charge >= 0.3 is 0 Å². The number of fused-ring (bicyclic) bond motifs is 1. The van der Waals surface area contributed by atoms with Crippen LogP contribution >= 0.6 is 22.9 Å². The van der Waals surface area contributed by atoms with Crippen LogP contribution in [-0.4, -0.2) is 33.8 Å². The Bertz CT molecular complexity index is 928. The molecule has 0 aliphatic heterocycles. The number of aromatic nitrogens is 3. The zero-order chi connectivity index (χ0) is 16.4. The largest absolute Gasteiger partial charge is 0.383 e. The lowest BCUT2D eigenvalue weighted by Crippen LogP contribution is -2.19. The SMILES string of the molecule is COCCn1c(=NC(=O)c2snnc2C)sc2cccc(F)c21. The van der Waals surface area contributed by atoms with Crippen LogP contribution in [-0.2, 0) is 11.3 Å². The summed E-state index contributed by atoms with van der Waals surface area (Å²) in [5, 5.41) is 3.81. The summed E-state index contributed by atoms with van der Waals surface area (Å²) < 4.78 is 25.4. The third-order valence-electron chi connectivity index (χ3n) is 3.21. The smallest absolute Gasteiger partial charge is 0.293 e. The summed E-state index contributed by atoms with van der Waals surface area (Å²) in [6.45, 7) is 2.50. The standard InChI is InChI=1S/C14H13FN4O2S2/c1-8-12(23-18-17-8)13(20)16-14-19(6-7-21-2)11-9(15)4-3-5-10(11)22-14/h3-5H,6-7H2,1-2H3. The summed E-state index contributed by atoms with van der Waals surface area (Å²) in [5.41, 5.74) is 0.972. The Hall–Kier alpha value is -1.97. The molecule has 0 saturated carbocycles. The monoisotopic (exact) mass is 352 g/mol. The van der Waals surface area contributed by atoms with Gasteiger partial charge in [0, 0.05) is 13.7 Å². The number of hydrogen-bond donors (Lipinski definition) is 0. The minimum Gasteiger partial charge on any atom is -0.383 e. The zero-order valence-electron chi connectivity index (χ0n) is 12.4. The Kier molecular flexibility index (Phi) is 4.60. The number of nitrogens with zero attached hydrogens (tertiary/aromatic N) is 4. The average molecular weight is 352 g/mol. The van der Waals surface area contributed by atoms with E-state index >= 15 is 0 Å². The molecule has 3 rings (SSSR count). The molecule has 0 aliphatic rings. The second-order valence-electron chi connectivity index (χ2n) is 4.72. The summed E-state index contributed by atoms with van der Waals surface area (Å²) in [6, 6.07) is 4.83. The first-order valence-corrected chi connectivity index (χ1v) is 8.35. The van der Waals surface area contributed by atoms with Crippen LogP contribution < -0.4 is 4.80 Å². The molecule has 0 aliphatic carbocycles. The molecular weight excluding hydrogens is 339 g/mol. The van der Waals surface area contributed by atoms with E-state index in [4.69, 9.17) is 4.74 Å². The molecule has 3 aromatic rings. The van der Waals surface area contributed by atoms with Crippen LogP contribution in [0.4, 0.5) is 4.39 Å². The van der Waals surface area contributed by atoms with Gasteiger partial charge in [-0.1, -0.05) is 21.9 Å². The van der Waals surface area contributed by atoms with Gasteiger partial charge in [-0.2, -0.15) is 4.99 Å². The first kappa shape index (κ1) is 15.9. The Labute approximate surface area is 139 Å². The van der Waals surface area contributed by atoms with Crippen LogP contribution in [0.5, 0.6) is 0 Å². The van der Waals surface area contributed by atoms with Gasteiger partial charge in [-0.15, -0.1) is 5.10 Å². The number of hydrogen-bond acceptors (Lipinski definition) is 6. The van der Waals surface area contributed by atoms with Gasteiger partial charge in [0.1, 0.15) is 10.7 Å². The minimum atomic E-state index is -0.421. The van der Waals surface area contributed by atoms with Crippen LogP contribution in [0.2, 0.25) is 0 Å². The van der Waals surface area contributed by atoms with E-state index in [2.05, 4.69) is 14.6 Å². The molecule has 0 N–H and O–H groups in total. The van der Waals surface area contributed by atoms with E-state index in [-0.39, 0.29) is 5.82 Å². The first-order chi connectivity index (χ1) is 11.1. The lowest BCUT2D eigenvalue weighted by Gasteiger charge is -2.04. The van der Waals surface area contributed by atoms with Gasteiger partial charge in [-0.3, -0.25) is 4.79 Å². The van der Waals surface area contributed by atoms with E-state index in [9.17, 15) is 9.18 Å². The molecular formula is C14H13FN4O2S2. The van der Waals surface area contributed by atoms with E-state index in [1.54, 1.807) is 30.7 Å². The fourth-order valence-electron chi connectivity index (χ4n) is 2.13. The van der Waals surface area contributed by atoms with Crippen LogP contribution in [0.1, 0.15) is 15.4 Å². The predicted molar refractivity (Wildman–Crippen MR) is 86.2 cm³/mol. The fraction of sp³-hybridized carbons (Fsp3) is 0.286. The molecule has 23 heavy (non-hydrogen) atoms. The van der Waals surface area contributed by atoms with Gasteiger partial charge in [-0.05, 0) is 30.6 Å². The molecule has 1 aromatic carbocycles. The van der Waals surface area contributed by atoms with E-state index in [1.165, 1.54) is 17.4 Å². The summed E-state index contributed by atoms with van der Waals surface area (Å²) in [6.07, 6.45) is 0. The van der Waals surface area contributed by atoms with Gasteiger partial charge in [0.25, 0.3) is 5.91 Å². The van der Waals surface area contributed by atoms with Gasteiger partial charge in [0.2, 0.25) is 0 Å². The van der Waals surface area contributed by atoms with Gasteiger partial charge in [0.15, 0.2) is 4.80 Å². The summed E-state index contributed by atoms with van der Waals surface area (Å²) >= 11 is 2.27. The number of carbonyl (C=O) groups excluding carboxylic acids is 1. The maximum atomic E-state index is 14.2. The van der Waals surface area contributed by atoms with Crippen molar-refractivity contribution in [2.75, 3.05) is 13.7 Å². The normalized spacial score (nSPS) is 12.2. The van der Waals surface area contributed by atoms with Crippen LogP contribution in [0.3, 0.4) is 0 Å². The molecule has 0 radical (unpaired) electrons. The van der Waals surface area contributed by atoms with Crippen molar-refractivity contribution < 1.29 is 13.9 Å². The molecule has 0 spiro atoms. The second-order valence-corrected chi connectivity index (χ2v) is 6.48. The van der Waals surface area contributed by atoms with Crippen LogP contribution in [0.25, 0.3) is 10.2 Å². The number of aryl methyl sites for hydroxylation is 1. The molecule has 0 saturated heterocycles. The van der Waals surface area contributed by atoms with E-state index in [1.807, 2.05) is 0 Å². The minimum absolute atomic E-state index is 0.348. The topological polar surface area (TPSA) is 69.4 Å². The lowest BCUT2D eigenvalue weighted by atomic mass is 10.3. The molecule has 6 nitrogen and oxygen atoms in total. The van der Waals surface area contributed by atoms with Gasteiger partial charge in [-0.25, -0.2) is 4.39 Å². The molecule has 2 aromatic heterocycles. The van der Waals surface area contributed by atoms with Gasteiger partial charge in [0.05, 0.1) is 22.5 Å². The highest BCUT2D eigenvalue weighted by atomic mass is 32.1. The molecule has 0 bridgehead atoms. The molecule has 0 unspecified atom stereocenters. The molecule has 0 fully saturated rings. The Morgan fingerprint density at radius 3 is 3.00 bits per heavy atom. The number of halogens is 1.